The van der Waals surface area contributed by atoms with E-state index in [1.807, 2.05) is 0 Å². The second-order valence-corrected chi connectivity index (χ2v) is 7.26. The summed E-state index contributed by atoms with van der Waals surface area (Å²) in [7, 11) is -3.76. The molecule has 1 aromatic carbocycles. The number of pyridine rings is 1. The van der Waals surface area contributed by atoms with Crippen molar-refractivity contribution in [1.29, 1.82) is 0 Å². The van der Waals surface area contributed by atoms with Crippen LogP contribution in [0, 0.1) is 5.82 Å². The second-order valence-electron chi connectivity index (χ2n) is 5.32. The van der Waals surface area contributed by atoms with Gasteiger partial charge in [-0.15, -0.1) is 0 Å². The Bertz CT molecular complexity index is 934. The molecule has 0 aliphatic rings. The molecule has 25 heavy (non-hydrogen) atoms. The highest BCUT2D eigenvalue weighted by molar-refractivity contribution is 7.89. The number of nitrogens with zero attached hydrogens (tertiary/aromatic N) is 2. The van der Waals surface area contributed by atoms with Crippen molar-refractivity contribution >= 4 is 15.8 Å². The van der Waals surface area contributed by atoms with Crippen molar-refractivity contribution < 1.29 is 17.6 Å². The quantitative estimate of drug-likeness (QED) is 0.702. The topological polar surface area (TPSA) is 76.5 Å². The fourth-order valence-electron chi connectivity index (χ4n) is 2.43. The summed E-state index contributed by atoms with van der Waals surface area (Å²) in [4.78, 5) is 24.1. The Labute approximate surface area is 145 Å². The second kappa shape index (κ2) is 7.71. The van der Waals surface area contributed by atoms with E-state index in [9.17, 15) is 22.4 Å². The SMILES string of the molecule is CCN(CC)S(=O)(=O)c1ccc(=O)n(CC(=O)c2ccccc2F)c1. The van der Waals surface area contributed by atoms with Gasteiger partial charge in [0, 0.05) is 25.4 Å². The average Bonchev–Trinajstić information content (AvgIpc) is 2.57. The molecule has 0 N–H and O–H groups in total. The minimum Gasteiger partial charge on any atom is -0.306 e. The van der Waals surface area contributed by atoms with Crippen molar-refractivity contribution in [2.75, 3.05) is 13.1 Å². The first kappa shape index (κ1) is 19.0. The highest BCUT2D eigenvalue weighted by Crippen LogP contribution is 2.14. The van der Waals surface area contributed by atoms with Crippen LogP contribution in [-0.2, 0) is 16.6 Å². The van der Waals surface area contributed by atoms with E-state index in [1.165, 1.54) is 28.6 Å². The lowest BCUT2D eigenvalue weighted by atomic mass is 10.1. The molecule has 2 aromatic rings. The third-order valence-electron chi connectivity index (χ3n) is 3.79. The first-order chi connectivity index (χ1) is 11.8. The molecule has 0 unspecified atom stereocenters. The molecule has 1 aromatic heterocycles. The van der Waals surface area contributed by atoms with Gasteiger partial charge in [0.2, 0.25) is 10.0 Å². The van der Waals surface area contributed by atoms with Gasteiger partial charge in [0.05, 0.1) is 17.0 Å². The smallest absolute Gasteiger partial charge is 0.251 e. The standard InChI is InChI=1S/C17H19FN2O4S/c1-3-20(4-2)25(23,24)13-9-10-17(22)19(11-13)12-16(21)14-7-5-6-8-15(14)18/h5-11H,3-4,12H2,1-2H3. The lowest BCUT2D eigenvalue weighted by Gasteiger charge is -2.19. The van der Waals surface area contributed by atoms with Crippen LogP contribution in [0.5, 0.6) is 0 Å². The maximum atomic E-state index is 13.7. The van der Waals surface area contributed by atoms with Gasteiger partial charge < -0.3 is 4.57 Å². The van der Waals surface area contributed by atoms with Crippen LogP contribution < -0.4 is 5.56 Å². The number of Topliss-reactive ketones (excluding diaryl/α,β-unsaturated/α-hetero) is 1. The summed E-state index contributed by atoms with van der Waals surface area (Å²) in [5, 5.41) is 0. The Hall–Kier alpha value is -2.32. The third-order valence-corrected chi connectivity index (χ3v) is 5.82. The molecule has 0 radical (unpaired) electrons. The van der Waals surface area contributed by atoms with Gasteiger partial charge in [-0.05, 0) is 18.2 Å². The van der Waals surface area contributed by atoms with E-state index in [-0.39, 0.29) is 23.5 Å². The number of carbonyl (C=O) groups excluding carboxylic acids is 1. The van der Waals surface area contributed by atoms with Crippen molar-refractivity contribution in [3.8, 4) is 0 Å². The number of aromatic nitrogens is 1. The summed E-state index contributed by atoms with van der Waals surface area (Å²) in [6.07, 6.45) is 1.12. The number of hydrogen-bond donors (Lipinski definition) is 0. The molecule has 2 rings (SSSR count). The van der Waals surface area contributed by atoms with Crippen LogP contribution in [-0.4, -0.2) is 36.2 Å². The Kier molecular flexibility index (Phi) is 5.86. The van der Waals surface area contributed by atoms with Crippen LogP contribution in [0.1, 0.15) is 24.2 Å². The predicted octanol–water partition coefficient (Wildman–Crippen LogP) is 1.90. The van der Waals surface area contributed by atoms with Crippen molar-refractivity contribution in [3.05, 3.63) is 64.3 Å². The zero-order valence-electron chi connectivity index (χ0n) is 14.0. The molecule has 0 aliphatic heterocycles. The molecule has 0 saturated heterocycles. The van der Waals surface area contributed by atoms with Crippen LogP contribution in [0.2, 0.25) is 0 Å². The molecular formula is C17H19FN2O4S. The minimum atomic E-state index is -3.76. The van der Waals surface area contributed by atoms with Crippen molar-refractivity contribution in [1.82, 2.24) is 8.87 Å². The highest BCUT2D eigenvalue weighted by atomic mass is 32.2. The maximum absolute atomic E-state index is 13.7. The summed E-state index contributed by atoms with van der Waals surface area (Å²) in [6, 6.07) is 7.73. The number of halogens is 1. The lowest BCUT2D eigenvalue weighted by molar-refractivity contribution is 0.0966. The molecule has 0 saturated carbocycles. The minimum absolute atomic E-state index is 0.0860. The van der Waals surface area contributed by atoms with Gasteiger partial charge in [0.15, 0.2) is 5.78 Å². The molecular weight excluding hydrogens is 347 g/mol. The molecule has 6 nitrogen and oxygen atoms in total. The zero-order chi connectivity index (χ0) is 18.6. The van der Waals surface area contributed by atoms with Gasteiger partial charge in [-0.2, -0.15) is 4.31 Å². The zero-order valence-corrected chi connectivity index (χ0v) is 14.8. The molecule has 0 atom stereocenters. The molecule has 0 spiro atoms. The van der Waals surface area contributed by atoms with Crippen molar-refractivity contribution in [2.45, 2.75) is 25.3 Å². The van der Waals surface area contributed by atoms with E-state index < -0.39 is 33.7 Å². The fourth-order valence-corrected chi connectivity index (χ4v) is 3.90. The number of ketones is 1. The van der Waals surface area contributed by atoms with Crippen molar-refractivity contribution in [3.63, 3.8) is 0 Å². The van der Waals surface area contributed by atoms with Gasteiger partial charge in [-0.1, -0.05) is 26.0 Å². The monoisotopic (exact) mass is 366 g/mol. The van der Waals surface area contributed by atoms with Gasteiger partial charge in [-0.3, -0.25) is 9.59 Å². The largest absolute Gasteiger partial charge is 0.306 e. The lowest BCUT2D eigenvalue weighted by Crippen LogP contribution is -2.32. The first-order valence-corrected chi connectivity index (χ1v) is 9.23. The Morgan fingerprint density at radius 1 is 1.12 bits per heavy atom. The van der Waals surface area contributed by atoms with Crippen LogP contribution >= 0.6 is 0 Å². The number of benzene rings is 1. The van der Waals surface area contributed by atoms with Gasteiger partial charge in [0.25, 0.3) is 5.56 Å². The summed E-state index contributed by atoms with van der Waals surface area (Å²) in [6.45, 7) is 3.54. The van der Waals surface area contributed by atoms with E-state index in [0.29, 0.717) is 0 Å². The average molecular weight is 366 g/mol. The third kappa shape index (κ3) is 4.02. The van der Waals surface area contributed by atoms with E-state index in [2.05, 4.69) is 0 Å². The first-order valence-electron chi connectivity index (χ1n) is 7.79. The Balaban J connectivity index is 2.39. The Morgan fingerprint density at radius 2 is 1.76 bits per heavy atom. The summed E-state index contributed by atoms with van der Waals surface area (Å²) in [5.41, 5.74) is -0.686. The summed E-state index contributed by atoms with van der Waals surface area (Å²) < 4.78 is 41.0. The number of hydrogen-bond acceptors (Lipinski definition) is 4. The molecule has 0 fully saturated rings. The van der Waals surface area contributed by atoms with E-state index in [1.54, 1.807) is 13.8 Å². The molecule has 8 heteroatoms. The fraction of sp³-hybridized carbons (Fsp3) is 0.294. The number of sulfonamides is 1. The highest BCUT2D eigenvalue weighted by Gasteiger charge is 2.23. The number of rotatable bonds is 7. The van der Waals surface area contributed by atoms with Crippen LogP contribution in [0.4, 0.5) is 4.39 Å². The molecule has 0 amide bonds. The molecule has 0 bridgehead atoms. The normalized spacial score (nSPS) is 11.7. The van der Waals surface area contributed by atoms with E-state index >= 15 is 0 Å². The van der Waals surface area contributed by atoms with Gasteiger partial charge in [0.1, 0.15) is 5.82 Å². The maximum Gasteiger partial charge on any atom is 0.251 e. The van der Waals surface area contributed by atoms with E-state index in [4.69, 9.17) is 0 Å². The van der Waals surface area contributed by atoms with Crippen LogP contribution in [0.15, 0.2) is 52.3 Å². The summed E-state index contributed by atoms with van der Waals surface area (Å²) >= 11 is 0. The van der Waals surface area contributed by atoms with Crippen molar-refractivity contribution in [2.24, 2.45) is 0 Å². The Morgan fingerprint density at radius 3 is 2.36 bits per heavy atom. The molecule has 134 valence electrons. The number of carbonyl (C=O) groups is 1. The van der Waals surface area contributed by atoms with Gasteiger partial charge in [-0.25, -0.2) is 12.8 Å². The molecule has 1 heterocycles. The summed E-state index contributed by atoms with van der Waals surface area (Å²) in [5.74, 6) is -1.30. The molecule has 0 aliphatic carbocycles. The van der Waals surface area contributed by atoms with Crippen LogP contribution in [0.25, 0.3) is 0 Å². The van der Waals surface area contributed by atoms with Crippen LogP contribution in [0.3, 0.4) is 0 Å². The van der Waals surface area contributed by atoms with E-state index in [0.717, 1.165) is 22.9 Å². The van der Waals surface area contributed by atoms with Gasteiger partial charge >= 0.3 is 0 Å². The predicted molar refractivity (Wildman–Crippen MR) is 91.5 cm³/mol.